The minimum absolute atomic E-state index is 0.229. The van der Waals surface area contributed by atoms with Crippen molar-refractivity contribution in [3.8, 4) is 17.0 Å². The van der Waals surface area contributed by atoms with E-state index in [1.54, 1.807) is 12.3 Å². The minimum Gasteiger partial charge on any atom is -0.508 e. The number of nitrogens with one attached hydrogen (secondary N) is 1. The van der Waals surface area contributed by atoms with Crippen LogP contribution in [0, 0.1) is 0 Å². The van der Waals surface area contributed by atoms with Gasteiger partial charge in [-0.15, -0.1) is 0 Å². The number of fused-ring (bicyclic) bond motifs is 3. The Hall–Kier alpha value is -2.97. The number of anilines is 1. The molecule has 1 saturated heterocycles. The number of carbonyl (C=O) groups excluding carboxylic acids is 1. The van der Waals surface area contributed by atoms with Crippen LogP contribution in [-0.2, 0) is 33.3 Å². The lowest BCUT2D eigenvalue weighted by atomic mass is 9.89. The van der Waals surface area contributed by atoms with Crippen molar-refractivity contribution in [3.63, 3.8) is 0 Å². The average Bonchev–Trinajstić information content (AvgIpc) is 3.28. The molecule has 5 heterocycles. The summed E-state index contributed by atoms with van der Waals surface area (Å²) in [4.78, 5) is 20.0. The maximum Gasteiger partial charge on any atom is 0.212 e. The Balaban J connectivity index is 1.71. The molecule has 1 atom stereocenters. The summed E-state index contributed by atoms with van der Waals surface area (Å²) in [6.07, 6.45) is 5.61. The van der Waals surface area contributed by atoms with Crippen molar-refractivity contribution in [1.29, 1.82) is 0 Å². The lowest BCUT2D eigenvalue weighted by Crippen LogP contribution is -2.37. The molecule has 3 aromatic heterocycles. The highest BCUT2D eigenvalue weighted by Gasteiger charge is 2.44. The SMILES string of the molecule is Cn1cc(-c2cc(O)c3c(n2)C2(CCOC2)OCC3)c2cc(NC=O)ncc21. The molecule has 144 valence electrons. The van der Waals surface area contributed by atoms with Crippen molar-refractivity contribution in [2.75, 3.05) is 25.1 Å². The molecule has 0 saturated carbocycles. The van der Waals surface area contributed by atoms with Crippen LogP contribution in [0.15, 0.2) is 24.5 Å². The van der Waals surface area contributed by atoms with Gasteiger partial charge < -0.3 is 24.5 Å². The largest absolute Gasteiger partial charge is 0.508 e. The molecule has 1 spiro atoms. The highest BCUT2D eigenvalue weighted by Crippen LogP contribution is 2.43. The first-order chi connectivity index (χ1) is 13.6. The number of nitrogens with zero attached hydrogens (tertiary/aromatic N) is 3. The van der Waals surface area contributed by atoms with Crippen molar-refractivity contribution in [2.45, 2.75) is 18.4 Å². The molecular formula is C20H20N4O4. The Morgan fingerprint density at radius 3 is 3.04 bits per heavy atom. The summed E-state index contributed by atoms with van der Waals surface area (Å²) in [6.45, 7) is 1.61. The predicted octanol–water partition coefficient (Wildman–Crippen LogP) is 2.10. The number of aromatic hydroxyl groups is 1. The van der Waals surface area contributed by atoms with Gasteiger partial charge >= 0.3 is 0 Å². The van der Waals surface area contributed by atoms with Gasteiger partial charge in [-0.3, -0.25) is 4.79 Å². The Bertz CT molecular complexity index is 1090. The molecule has 2 aliphatic heterocycles. The van der Waals surface area contributed by atoms with E-state index in [9.17, 15) is 9.90 Å². The smallest absolute Gasteiger partial charge is 0.212 e. The summed E-state index contributed by atoms with van der Waals surface area (Å²) in [5, 5.41) is 14.2. The molecule has 0 aliphatic carbocycles. The van der Waals surface area contributed by atoms with Crippen molar-refractivity contribution < 1.29 is 19.4 Å². The van der Waals surface area contributed by atoms with Crippen molar-refractivity contribution in [2.24, 2.45) is 7.05 Å². The van der Waals surface area contributed by atoms with E-state index in [-0.39, 0.29) is 5.75 Å². The van der Waals surface area contributed by atoms with Gasteiger partial charge in [-0.25, -0.2) is 9.97 Å². The number of hydrogen-bond donors (Lipinski definition) is 2. The summed E-state index contributed by atoms with van der Waals surface area (Å²) >= 11 is 0. The zero-order valence-corrected chi connectivity index (χ0v) is 15.4. The quantitative estimate of drug-likeness (QED) is 0.675. The molecule has 1 fully saturated rings. The molecule has 2 N–H and O–H groups in total. The van der Waals surface area contributed by atoms with E-state index in [4.69, 9.17) is 14.5 Å². The first-order valence-corrected chi connectivity index (χ1v) is 9.22. The van der Waals surface area contributed by atoms with E-state index >= 15 is 0 Å². The molecule has 0 aromatic carbocycles. The summed E-state index contributed by atoms with van der Waals surface area (Å²) in [5.74, 6) is 0.688. The number of hydrogen-bond acceptors (Lipinski definition) is 6. The van der Waals surface area contributed by atoms with Crippen molar-refractivity contribution in [1.82, 2.24) is 14.5 Å². The number of carbonyl (C=O) groups is 1. The van der Waals surface area contributed by atoms with Crippen LogP contribution < -0.4 is 5.32 Å². The fourth-order valence-electron chi connectivity index (χ4n) is 4.20. The van der Waals surface area contributed by atoms with Crippen molar-refractivity contribution >= 4 is 23.1 Å². The van der Waals surface area contributed by atoms with Gasteiger partial charge in [0.05, 0.1) is 36.3 Å². The van der Waals surface area contributed by atoms with E-state index in [0.717, 1.165) is 34.1 Å². The molecule has 2 aliphatic rings. The molecule has 1 unspecified atom stereocenters. The van der Waals surface area contributed by atoms with Crippen LogP contribution in [0.3, 0.4) is 0 Å². The van der Waals surface area contributed by atoms with Gasteiger partial charge in [0.25, 0.3) is 0 Å². The highest BCUT2D eigenvalue weighted by molar-refractivity contribution is 5.97. The van der Waals surface area contributed by atoms with Crippen LogP contribution in [0.1, 0.15) is 17.7 Å². The molecular weight excluding hydrogens is 360 g/mol. The van der Waals surface area contributed by atoms with E-state index in [1.165, 1.54) is 0 Å². The third-order valence-electron chi connectivity index (χ3n) is 5.61. The number of aromatic nitrogens is 3. The Kier molecular flexibility index (Phi) is 3.85. The van der Waals surface area contributed by atoms with Crippen LogP contribution >= 0.6 is 0 Å². The monoisotopic (exact) mass is 380 g/mol. The van der Waals surface area contributed by atoms with Crippen LogP contribution in [0.4, 0.5) is 5.82 Å². The fraction of sp³-hybridized carbons (Fsp3) is 0.350. The Morgan fingerprint density at radius 2 is 2.25 bits per heavy atom. The van der Waals surface area contributed by atoms with Gasteiger partial charge in [-0.1, -0.05) is 0 Å². The van der Waals surface area contributed by atoms with Crippen LogP contribution in [0.5, 0.6) is 5.75 Å². The standard InChI is InChI=1S/C20H20N4O4/c1-24-9-14(13-6-18(22-11-25)21-8-16(13)24)15-7-17(26)12-2-4-28-20(19(12)23-15)3-5-27-10-20/h6-9,11H,2-5,10H2,1H3,(H,23,26)(H,21,22,25). The zero-order chi connectivity index (χ0) is 19.3. The second-order valence-electron chi connectivity index (χ2n) is 7.25. The van der Waals surface area contributed by atoms with Gasteiger partial charge in [-0.2, -0.15) is 0 Å². The predicted molar refractivity (Wildman–Crippen MR) is 102 cm³/mol. The normalized spacial score (nSPS) is 21.2. The minimum atomic E-state index is -0.586. The molecule has 8 nitrogen and oxygen atoms in total. The number of amides is 1. The first-order valence-electron chi connectivity index (χ1n) is 9.22. The van der Waals surface area contributed by atoms with E-state index in [2.05, 4.69) is 10.3 Å². The maximum atomic E-state index is 10.8. The number of aryl methyl sites for hydroxylation is 1. The van der Waals surface area contributed by atoms with E-state index < -0.39 is 5.60 Å². The van der Waals surface area contributed by atoms with Crippen LogP contribution in [0.25, 0.3) is 22.2 Å². The number of ether oxygens (including phenoxy) is 2. The van der Waals surface area contributed by atoms with Gasteiger partial charge in [0, 0.05) is 55.3 Å². The lowest BCUT2D eigenvalue weighted by molar-refractivity contribution is -0.105. The summed E-state index contributed by atoms with van der Waals surface area (Å²) in [5.41, 5.74) is 3.43. The fourth-order valence-corrected chi connectivity index (χ4v) is 4.20. The number of rotatable bonds is 3. The maximum absolute atomic E-state index is 10.8. The van der Waals surface area contributed by atoms with Gasteiger partial charge in [0.1, 0.15) is 17.2 Å². The zero-order valence-electron chi connectivity index (χ0n) is 15.4. The van der Waals surface area contributed by atoms with Crippen LogP contribution in [-0.4, -0.2) is 45.9 Å². The highest BCUT2D eigenvalue weighted by atomic mass is 16.6. The summed E-state index contributed by atoms with van der Waals surface area (Å²) in [6, 6.07) is 3.51. The summed E-state index contributed by atoms with van der Waals surface area (Å²) in [7, 11) is 1.92. The van der Waals surface area contributed by atoms with Gasteiger partial charge in [-0.05, 0) is 6.07 Å². The second-order valence-corrected chi connectivity index (χ2v) is 7.25. The average molecular weight is 380 g/mol. The summed E-state index contributed by atoms with van der Waals surface area (Å²) < 4.78 is 13.6. The van der Waals surface area contributed by atoms with Crippen LogP contribution in [0.2, 0.25) is 0 Å². The Labute approximate surface area is 161 Å². The van der Waals surface area contributed by atoms with Crippen molar-refractivity contribution in [3.05, 3.63) is 35.8 Å². The van der Waals surface area contributed by atoms with Gasteiger partial charge in [0.2, 0.25) is 6.41 Å². The molecule has 0 radical (unpaired) electrons. The third kappa shape index (κ3) is 2.49. The first kappa shape index (κ1) is 17.2. The lowest BCUT2D eigenvalue weighted by Gasteiger charge is -2.34. The molecule has 5 rings (SSSR count). The molecule has 1 amide bonds. The van der Waals surface area contributed by atoms with E-state index in [0.29, 0.717) is 44.2 Å². The second kappa shape index (κ2) is 6.29. The third-order valence-corrected chi connectivity index (χ3v) is 5.61. The molecule has 0 bridgehead atoms. The molecule has 3 aromatic rings. The van der Waals surface area contributed by atoms with E-state index in [1.807, 2.05) is 23.9 Å². The topological polar surface area (TPSA) is 98.5 Å². The molecule has 8 heteroatoms. The number of pyridine rings is 2. The molecule has 28 heavy (non-hydrogen) atoms. The van der Waals surface area contributed by atoms with Gasteiger partial charge in [0.15, 0.2) is 0 Å². The Morgan fingerprint density at radius 1 is 1.36 bits per heavy atom.